The van der Waals surface area contributed by atoms with Crippen molar-refractivity contribution < 1.29 is 9.53 Å². The lowest BCUT2D eigenvalue weighted by atomic mass is 9.88. The second-order valence-corrected chi connectivity index (χ2v) is 7.61. The number of fused-ring (bicyclic) bond motifs is 2. The van der Waals surface area contributed by atoms with Crippen LogP contribution in [-0.4, -0.2) is 23.6 Å². The van der Waals surface area contributed by atoms with Crippen LogP contribution in [-0.2, 0) is 22.4 Å². The van der Waals surface area contributed by atoms with E-state index >= 15 is 0 Å². The fraction of sp³-hybridized carbons (Fsp3) is 0.240. The van der Waals surface area contributed by atoms with Crippen LogP contribution in [0.1, 0.15) is 34.2 Å². The third kappa shape index (κ3) is 3.02. The van der Waals surface area contributed by atoms with Crippen LogP contribution >= 0.6 is 0 Å². The number of carbonyl (C=O) groups is 1. The Bertz CT molecular complexity index is 970. The van der Waals surface area contributed by atoms with Gasteiger partial charge in [0.1, 0.15) is 6.23 Å². The van der Waals surface area contributed by atoms with Crippen molar-refractivity contribution in [2.45, 2.75) is 31.0 Å². The van der Waals surface area contributed by atoms with Gasteiger partial charge in [-0.05, 0) is 28.7 Å². The first-order valence-electron chi connectivity index (χ1n) is 9.92. The molecule has 0 bridgehead atoms. The molecule has 2 aliphatic rings. The number of ether oxygens (including phenoxy) is 1. The summed E-state index contributed by atoms with van der Waals surface area (Å²) in [7, 11) is 0. The Hall–Kier alpha value is -2.91. The summed E-state index contributed by atoms with van der Waals surface area (Å²) in [6.45, 7) is 0.556. The summed E-state index contributed by atoms with van der Waals surface area (Å²) >= 11 is 0. The van der Waals surface area contributed by atoms with Crippen LogP contribution in [0.2, 0.25) is 0 Å². The average molecular weight is 369 g/mol. The van der Waals surface area contributed by atoms with E-state index in [4.69, 9.17) is 4.74 Å². The standard InChI is InChI=1S/C25H23NO2/c27-25-22(15-18-9-3-1-4-10-18)21-14-8-7-13-20(21)16-24-26(25)23(17-28-24)19-11-5-2-6-12-19/h1-14,22-24H,15-17H2/t22-,23+,24+/m1/s1. The minimum Gasteiger partial charge on any atom is -0.355 e. The van der Waals surface area contributed by atoms with E-state index in [1.54, 1.807) is 0 Å². The van der Waals surface area contributed by atoms with Crippen LogP contribution in [0.4, 0.5) is 0 Å². The van der Waals surface area contributed by atoms with E-state index in [1.807, 2.05) is 47.4 Å². The molecule has 1 saturated heterocycles. The maximum absolute atomic E-state index is 13.8. The zero-order valence-electron chi connectivity index (χ0n) is 15.7. The van der Waals surface area contributed by atoms with Gasteiger partial charge in [-0.2, -0.15) is 0 Å². The highest BCUT2D eigenvalue weighted by molar-refractivity contribution is 5.86. The van der Waals surface area contributed by atoms with E-state index in [-0.39, 0.29) is 24.1 Å². The third-order valence-electron chi connectivity index (χ3n) is 5.94. The highest BCUT2D eigenvalue weighted by atomic mass is 16.5. The number of amides is 1. The number of nitrogens with zero attached hydrogens (tertiary/aromatic N) is 1. The van der Waals surface area contributed by atoms with Gasteiger partial charge in [0, 0.05) is 6.42 Å². The van der Waals surface area contributed by atoms with Gasteiger partial charge in [0.15, 0.2) is 0 Å². The predicted octanol–water partition coefficient (Wildman–Crippen LogP) is 4.50. The first kappa shape index (κ1) is 17.2. The minimum absolute atomic E-state index is 0.0220. The van der Waals surface area contributed by atoms with Crippen LogP contribution in [0, 0.1) is 0 Å². The Labute approximate surface area is 165 Å². The maximum Gasteiger partial charge on any atom is 0.233 e. The molecule has 0 unspecified atom stereocenters. The molecule has 0 saturated carbocycles. The first-order chi connectivity index (χ1) is 13.8. The highest BCUT2D eigenvalue weighted by Gasteiger charge is 2.44. The smallest absolute Gasteiger partial charge is 0.233 e. The number of hydrogen-bond donors (Lipinski definition) is 0. The molecule has 140 valence electrons. The van der Waals surface area contributed by atoms with Gasteiger partial charge in [0.05, 0.1) is 18.6 Å². The van der Waals surface area contributed by atoms with Gasteiger partial charge in [-0.15, -0.1) is 0 Å². The van der Waals surface area contributed by atoms with Crippen molar-refractivity contribution in [3.05, 3.63) is 107 Å². The molecule has 2 heterocycles. The van der Waals surface area contributed by atoms with E-state index in [1.165, 1.54) is 11.1 Å². The summed E-state index contributed by atoms with van der Waals surface area (Å²) in [6, 6.07) is 28.9. The van der Waals surface area contributed by atoms with Crippen LogP contribution in [0.5, 0.6) is 0 Å². The van der Waals surface area contributed by atoms with Gasteiger partial charge < -0.3 is 9.64 Å². The predicted molar refractivity (Wildman–Crippen MR) is 109 cm³/mol. The molecule has 2 aliphatic heterocycles. The molecule has 3 aromatic rings. The van der Waals surface area contributed by atoms with Crippen molar-refractivity contribution >= 4 is 5.91 Å². The van der Waals surface area contributed by atoms with E-state index < -0.39 is 0 Å². The molecule has 0 radical (unpaired) electrons. The molecule has 3 heteroatoms. The topological polar surface area (TPSA) is 29.5 Å². The fourth-order valence-corrected chi connectivity index (χ4v) is 4.56. The summed E-state index contributed by atoms with van der Waals surface area (Å²) in [5, 5.41) is 0. The molecule has 0 N–H and O–H groups in total. The number of rotatable bonds is 3. The normalized spacial score (nSPS) is 23.8. The number of hydrogen-bond acceptors (Lipinski definition) is 2. The van der Waals surface area contributed by atoms with Crippen LogP contribution < -0.4 is 0 Å². The largest absolute Gasteiger partial charge is 0.355 e. The molecule has 3 atom stereocenters. The van der Waals surface area contributed by atoms with Gasteiger partial charge in [0.25, 0.3) is 0 Å². The highest BCUT2D eigenvalue weighted by Crippen LogP contribution is 2.40. The summed E-state index contributed by atoms with van der Waals surface area (Å²) in [5.74, 6) is -0.0123. The van der Waals surface area contributed by atoms with Gasteiger partial charge in [-0.25, -0.2) is 0 Å². The lowest BCUT2D eigenvalue weighted by Crippen LogP contribution is -2.40. The first-order valence-corrected chi connectivity index (χ1v) is 9.92. The molecule has 28 heavy (non-hydrogen) atoms. The third-order valence-corrected chi connectivity index (χ3v) is 5.94. The zero-order valence-corrected chi connectivity index (χ0v) is 15.7. The van der Waals surface area contributed by atoms with Crippen molar-refractivity contribution in [2.24, 2.45) is 0 Å². The van der Waals surface area contributed by atoms with Crippen LogP contribution in [0.3, 0.4) is 0 Å². The Morgan fingerprint density at radius 1 is 0.857 bits per heavy atom. The Balaban J connectivity index is 1.56. The Morgan fingerprint density at radius 3 is 2.32 bits per heavy atom. The van der Waals surface area contributed by atoms with Gasteiger partial charge in [-0.3, -0.25) is 4.79 Å². The van der Waals surface area contributed by atoms with E-state index in [0.29, 0.717) is 13.0 Å². The molecule has 1 fully saturated rings. The quantitative estimate of drug-likeness (QED) is 0.680. The number of benzene rings is 3. The monoisotopic (exact) mass is 369 g/mol. The van der Waals surface area contributed by atoms with Gasteiger partial charge in [0.2, 0.25) is 5.91 Å². The molecular weight excluding hydrogens is 346 g/mol. The van der Waals surface area contributed by atoms with Gasteiger partial charge >= 0.3 is 0 Å². The van der Waals surface area contributed by atoms with E-state index in [9.17, 15) is 4.79 Å². The zero-order chi connectivity index (χ0) is 18.9. The summed E-state index contributed by atoms with van der Waals surface area (Å²) in [4.78, 5) is 15.8. The molecule has 3 nitrogen and oxygen atoms in total. The lowest BCUT2D eigenvalue weighted by Gasteiger charge is -2.29. The lowest BCUT2D eigenvalue weighted by molar-refractivity contribution is -0.138. The van der Waals surface area contributed by atoms with Crippen LogP contribution in [0.25, 0.3) is 0 Å². The molecule has 0 aromatic heterocycles. The molecule has 1 amide bonds. The number of carbonyl (C=O) groups excluding carboxylic acids is 1. The molecular formula is C25H23NO2. The summed E-state index contributed by atoms with van der Waals surface area (Å²) < 4.78 is 6.13. The minimum atomic E-state index is -0.195. The fourth-order valence-electron chi connectivity index (χ4n) is 4.56. The SMILES string of the molecule is O=C1[C@H](Cc2ccccc2)c2ccccc2C[C@@H]2OC[C@@H](c3ccccc3)N12. The van der Waals surface area contributed by atoms with Gasteiger partial charge in [-0.1, -0.05) is 84.9 Å². The molecule has 0 spiro atoms. The molecule has 5 rings (SSSR count). The molecule has 3 aromatic carbocycles. The second kappa shape index (κ2) is 7.25. The van der Waals surface area contributed by atoms with Crippen molar-refractivity contribution in [3.63, 3.8) is 0 Å². The summed E-state index contributed by atoms with van der Waals surface area (Å²) in [5.41, 5.74) is 4.69. The summed E-state index contributed by atoms with van der Waals surface area (Å²) in [6.07, 6.45) is 1.26. The second-order valence-electron chi connectivity index (χ2n) is 7.61. The van der Waals surface area contributed by atoms with Crippen molar-refractivity contribution in [2.75, 3.05) is 6.61 Å². The van der Waals surface area contributed by atoms with Crippen LogP contribution in [0.15, 0.2) is 84.9 Å². The van der Waals surface area contributed by atoms with Crippen molar-refractivity contribution in [1.82, 2.24) is 4.90 Å². The van der Waals surface area contributed by atoms with Crippen molar-refractivity contribution in [1.29, 1.82) is 0 Å². The van der Waals surface area contributed by atoms with E-state index in [2.05, 4.69) is 42.5 Å². The van der Waals surface area contributed by atoms with Crippen molar-refractivity contribution in [3.8, 4) is 0 Å². The Morgan fingerprint density at radius 2 is 1.54 bits per heavy atom. The maximum atomic E-state index is 13.8. The van der Waals surface area contributed by atoms with E-state index in [0.717, 1.165) is 17.5 Å². The average Bonchev–Trinajstić information content (AvgIpc) is 3.12. The Kier molecular flexibility index (Phi) is 4.46. The molecule has 0 aliphatic carbocycles.